The molecule has 5 nitrogen and oxygen atoms in total. The summed E-state index contributed by atoms with van der Waals surface area (Å²) in [5.74, 6) is -0.234. The van der Waals surface area contributed by atoms with Gasteiger partial charge >= 0.3 is 0 Å². The molecule has 0 radical (unpaired) electrons. The number of aliphatic hydroxyl groups is 1. The Morgan fingerprint density at radius 1 is 0.969 bits per heavy atom. The molecule has 1 N–H and O–H groups in total. The number of ether oxygens (including phenoxy) is 3. The van der Waals surface area contributed by atoms with Crippen LogP contribution in [-0.4, -0.2) is 58.3 Å². The van der Waals surface area contributed by atoms with E-state index in [0.717, 1.165) is 0 Å². The maximum Gasteiger partial charge on any atom is 0.261 e. The van der Waals surface area contributed by atoms with E-state index in [9.17, 15) is 5.11 Å². The van der Waals surface area contributed by atoms with E-state index in [-0.39, 0.29) is 17.6 Å². The number of hydrogen-bond donors (Lipinski definition) is 1. The minimum Gasteiger partial charge on any atom is -0.404 e. The van der Waals surface area contributed by atoms with E-state index >= 15 is 0 Å². The van der Waals surface area contributed by atoms with Gasteiger partial charge in [-0.2, -0.15) is 0 Å². The third-order valence-electron chi connectivity index (χ3n) is 7.10. The second-order valence-electron chi connectivity index (χ2n) is 9.79. The molecule has 172 valence electrons. The van der Waals surface area contributed by atoms with Gasteiger partial charge < -0.3 is 23.7 Å². The Bertz CT molecular complexity index is 902. The Kier molecular flexibility index (Phi) is 6.22. The normalized spacial score (nSPS) is 30.1. The van der Waals surface area contributed by atoms with Crippen molar-refractivity contribution in [3.63, 3.8) is 0 Å². The SMILES string of the molecule is C=C1C(O)[C@]2(CO[Si](c3ccccc3)(c3ccccc3)C(C)(C)C)OC(OC)[C@H]1[C@@H]2OC. The van der Waals surface area contributed by atoms with Gasteiger partial charge in [-0.25, -0.2) is 0 Å². The number of methoxy groups -OCH3 is 2. The first-order valence-corrected chi connectivity index (χ1v) is 13.0. The highest BCUT2D eigenvalue weighted by Gasteiger charge is 2.69. The van der Waals surface area contributed by atoms with Crippen molar-refractivity contribution in [2.24, 2.45) is 5.92 Å². The lowest BCUT2D eigenvalue weighted by Crippen LogP contribution is -2.68. The summed E-state index contributed by atoms with van der Waals surface area (Å²) in [4.78, 5) is 0. The summed E-state index contributed by atoms with van der Waals surface area (Å²) in [6.45, 7) is 11.0. The molecule has 2 aliphatic rings. The topological polar surface area (TPSA) is 57.2 Å². The van der Waals surface area contributed by atoms with Crippen LogP contribution in [0.3, 0.4) is 0 Å². The smallest absolute Gasteiger partial charge is 0.261 e. The van der Waals surface area contributed by atoms with E-state index in [1.165, 1.54) is 10.4 Å². The van der Waals surface area contributed by atoms with E-state index in [2.05, 4.69) is 75.9 Å². The number of rotatable bonds is 7. The molecule has 2 unspecified atom stereocenters. The predicted octanol–water partition coefficient (Wildman–Crippen LogP) is 2.87. The highest BCUT2D eigenvalue weighted by molar-refractivity contribution is 6.99. The monoisotopic (exact) mass is 454 g/mol. The van der Waals surface area contributed by atoms with Gasteiger partial charge in [-0.05, 0) is 21.0 Å². The third kappa shape index (κ3) is 3.33. The zero-order valence-corrected chi connectivity index (χ0v) is 20.6. The Hall–Kier alpha value is -1.80. The summed E-state index contributed by atoms with van der Waals surface area (Å²) >= 11 is 0. The second-order valence-corrected chi connectivity index (χ2v) is 14.1. The highest BCUT2D eigenvalue weighted by atomic mass is 28.4. The zero-order valence-electron chi connectivity index (χ0n) is 19.6. The Morgan fingerprint density at radius 2 is 1.50 bits per heavy atom. The summed E-state index contributed by atoms with van der Waals surface area (Å²) in [6, 6.07) is 20.9. The Morgan fingerprint density at radius 3 is 1.94 bits per heavy atom. The van der Waals surface area contributed by atoms with Crippen LogP contribution < -0.4 is 10.4 Å². The van der Waals surface area contributed by atoms with Crippen LogP contribution in [0.25, 0.3) is 0 Å². The van der Waals surface area contributed by atoms with Crippen molar-refractivity contribution in [3.05, 3.63) is 72.8 Å². The third-order valence-corrected chi connectivity index (χ3v) is 12.1. The summed E-state index contributed by atoms with van der Waals surface area (Å²) < 4.78 is 24.8. The minimum absolute atomic E-state index is 0.176. The minimum atomic E-state index is -2.80. The van der Waals surface area contributed by atoms with Gasteiger partial charge in [-0.15, -0.1) is 0 Å². The molecule has 1 saturated heterocycles. The molecular weight excluding hydrogens is 420 g/mol. The standard InChI is InChI=1S/C26H34O5Si/c1-18-21-23(28-5)26(22(18)27,31-24(21)29-6)17-30-32(25(2,3)4,19-13-9-7-10-14-19)20-15-11-8-12-16-20/h7-16,21-24,27H,1,17H2,2-6H3/t21-,22?,23+,24?,26+/m1/s1. The van der Waals surface area contributed by atoms with Crippen LogP contribution in [0.1, 0.15) is 20.8 Å². The maximum atomic E-state index is 11.2. The molecule has 0 aromatic heterocycles. The van der Waals surface area contributed by atoms with Crippen LogP contribution in [0.2, 0.25) is 5.04 Å². The van der Waals surface area contributed by atoms with Crippen molar-refractivity contribution in [1.82, 2.24) is 0 Å². The average Bonchev–Trinajstić information content (AvgIpc) is 3.22. The number of fused-ring (bicyclic) bond motifs is 2. The lowest BCUT2D eigenvalue weighted by molar-refractivity contribution is -0.221. The van der Waals surface area contributed by atoms with Crippen molar-refractivity contribution in [3.8, 4) is 0 Å². The fourth-order valence-electron chi connectivity index (χ4n) is 5.61. The molecule has 1 heterocycles. The van der Waals surface area contributed by atoms with Crippen molar-refractivity contribution in [2.45, 2.75) is 49.9 Å². The average molecular weight is 455 g/mol. The van der Waals surface area contributed by atoms with Gasteiger partial charge in [0.2, 0.25) is 0 Å². The lowest BCUT2D eigenvalue weighted by Gasteiger charge is -2.46. The van der Waals surface area contributed by atoms with Crippen LogP contribution in [0.15, 0.2) is 72.8 Å². The summed E-state index contributed by atoms with van der Waals surface area (Å²) in [5, 5.41) is 13.3. The van der Waals surface area contributed by atoms with E-state index in [1.807, 2.05) is 12.1 Å². The molecular formula is C26H34O5Si. The summed E-state index contributed by atoms with van der Waals surface area (Å²) in [7, 11) is 0.442. The van der Waals surface area contributed by atoms with Gasteiger partial charge in [0.05, 0.1) is 12.5 Å². The van der Waals surface area contributed by atoms with Crippen molar-refractivity contribution < 1.29 is 23.7 Å². The largest absolute Gasteiger partial charge is 0.404 e. The number of benzene rings is 2. The Balaban J connectivity index is 1.82. The molecule has 0 spiro atoms. The molecule has 2 aromatic rings. The molecule has 6 heteroatoms. The van der Waals surface area contributed by atoms with Crippen molar-refractivity contribution >= 4 is 18.7 Å². The molecule has 2 fully saturated rings. The molecule has 4 rings (SSSR count). The second kappa shape index (κ2) is 8.52. The molecule has 2 bridgehead atoms. The van der Waals surface area contributed by atoms with Crippen molar-refractivity contribution in [2.75, 3.05) is 20.8 Å². The molecule has 32 heavy (non-hydrogen) atoms. The summed E-state index contributed by atoms with van der Waals surface area (Å²) in [6.07, 6.45) is -1.80. The first kappa shape index (κ1) is 23.4. The molecule has 2 aromatic carbocycles. The molecule has 1 saturated carbocycles. The van der Waals surface area contributed by atoms with Crippen LogP contribution in [0.4, 0.5) is 0 Å². The highest BCUT2D eigenvalue weighted by Crippen LogP contribution is 2.53. The van der Waals surface area contributed by atoms with Gasteiger partial charge in [-0.3, -0.25) is 0 Å². The van der Waals surface area contributed by atoms with Crippen molar-refractivity contribution in [1.29, 1.82) is 0 Å². The number of aliphatic hydroxyl groups excluding tert-OH is 1. The van der Waals surface area contributed by atoms with Crippen LogP contribution in [0.5, 0.6) is 0 Å². The quantitative estimate of drug-likeness (QED) is 0.515. The van der Waals surface area contributed by atoms with E-state index in [0.29, 0.717) is 5.57 Å². The molecule has 5 atom stereocenters. The van der Waals surface area contributed by atoms with Gasteiger partial charge in [0.25, 0.3) is 8.32 Å². The van der Waals surface area contributed by atoms with Gasteiger partial charge in [0.1, 0.15) is 17.8 Å². The molecule has 0 amide bonds. The lowest BCUT2D eigenvalue weighted by atomic mass is 9.98. The van der Waals surface area contributed by atoms with Gasteiger partial charge in [-0.1, -0.05) is 88.0 Å². The molecule has 1 aliphatic carbocycles. The summed E-state index contributed by atoms with van der Waals surface area (Å²) in [5.41, 5.74) is -0.384. The van der Waals surface area contributed by atoms with Crippen LogP contribution in [-0.2, 0) is 18.6 Å². The van der Waals surface area contributed by atoms with Crippen LogP contribution in [0, 0.1) is 5.92 Å². The Labute approximate surface area is 192 Å². The predicted molar refractivity (Wildman–Crippen MR) is 128 cm³/mol. The maximum absolute atomic E-state index is 11.2. The van der Waals surface area contributed by atoms with E-state index < -0.39 is 32.4 Å². The molecule has 1 aliphatic heterocycles. The number of hydrogen-bond acceptors (Lipinski definition) is 5. The van der Waals surface area contributed by atoms with E-state index in [4.69, 9.17) is 18.6 Å². The first-order chi connectivity index (χ1) is 15.2. The van der Waals surface area contributed by atoms with Crippen LogP contribution >= 0.6 is 0 Å². The fourth-order valence-corrected chi connectivity index (χ4v) is 10.2. The zero-order chi connectivity index (χ0) is 23.1. The fraction of sp³-hybridized carbons (Fsp3) is 0.462. The van der Waals surface area contributed by atoms with Gasteiger partial charge in [0.15, 0.2) is 6.29 Å². The van der Waals surface area contributed by atoms with E-state index in [1.54, 1.807) is 14.2 Å². The first-order valence-electron chi connectivity index (χ1n) is 11.1. The van der Waals surface area contributed by atoms with Gasteiger partial charge in [0, 0.05) is 14.2 Å².